The number of aromatic nitrogens is 1. The van der Waals surface area contributed by atoms with Crippen molar-refractivity contribution in [2.24, 2.45) is 0 Å². The van der Waals surface area contributed by atoms with E-state index >= 15 is 0 Å². The summed E-state index contributed by atoms with van der Waals surface area (Å²) in [7, 11) is 0. The molecule has 0 aliphatic carbocycles. The maximum atomic E-state index is 14.3. The van der Waals surface area contributed by atoms with Crippen LogP contribution >= 0.6 is 0 Å². The molecule has 4 nitrogen and oxygen atoms in total. The zero-order chi connectivity index (χ0) is 22.1. The number of carbonyl (C=O) groups excluding carboxylic acids is 1. The first-order valence-electron chi connectivity index (χ1n) is 8.10. The van der Waals surface area contributed by atoms with Gasteiger partial charge in [0.2, 0.25) is 0 Å². The molecule has 30 heavy (non-hydrogen) atoms. The number of benzene rings is 2. The molecular weight excluding hydrogens is 419 g/mol. The summed E-state index contributed by atoms with van der Waals surface area (Å²) in [5.74, 6) is -5.79. The van der Waals surface area contributed by atoms with E-state index in [1.165, 1.54) is 0 Å². The van der Waals surface area contributed by atoms with E-state index < -0.39 is 57.9 Å². The molecule has 2 N–H and O–H groups in total. The molecule has 3 rings (SSSR count). The fourth-order valence-corrected chi connectivity index (χ4v) is 2.53. The van der Waals surface area contributed by atoms with Crippen molar-refractivity contribution in [1.82, 2.24) is 4.98 Å². The van der Waals surface area contributed by atoms with E-state index in [0.29, 0.717) is 36.7 Å². The Labute approximate surface area is 164 Å². The van der Waals surface area contributed by atoms with E-state index in [4.69, 9.17) is 0 Å². The topological polar surface area (TPSA) is 54.0 Å². The molecule has 2 aromatic carbocycles. The van der Waals surface area contributed by atoms with Crippen LogP contribution in [-0.2, 0) is 6.18 Å². The predicted molar refractivity (Wildman–Crippen MR) is 93.2 cm³/mol. The van der Waals surface area contributed by atoms with Crippen molar-refractivity contribution in [3.05, 3.63) is 83.2 Å². The third-order valence-corrected chi connectivity index (χ3v) is 3.86. The third kappa shape index (κ3) is 4.50. The van der Waals surface area contributed by atoms with Crippen molar-refractivity contribution in [3.63, 3.8) is 0 Å². The summed E-state index contributed by atoms with van der Waals surface area (Å²) in [6.45, 7) is 0. The lowest BCUT2D eigenvalue weighted by Crippen LogP contribution is -2.16. The Balaban J connectivity index is 1.85. The molecule has 156 valence electrons. The summed E-state index contributed by atoms with van der Waals surface area (Å²) in [4.78, 5) is 15.2. The van der Waals surface area contributed by atoms with Gasteiger partial charge in [0.05, 0.1) is 29.3 Å². The third-order valence-electron chi connectivity index (χ3n) is 3.86. The highest BCUT2D eigenvalue weighted by Gasteiger charge is 2.34. The number of amides is 1. The Morgan fingerprint density at radius 2 is 1.50 bits per heavy atom. The molecule has 1 heterocycles. The second-order valence-electron chi connectivity index (χ2n) is 5.94. The van der Waals surface area contributed by atoms with Crippen molar-refractivity contribution in [2.45, 2.75) is 6.18 Å². The van der Waals surface area contributed by atoms with Crippen LogP contribution < -0.4 is 10.6 Å². The Kier molecular flexibility index (Phi) is 5.63. The second kappa shape index (κ2) is 8.01. The molecule has 0 fully saturated rings. The number of anilines is 3. The van der Waals surface area contributed by atoms with Crippen LogP contribution in [0.1, 0.15) is 15.9 Å². The molecule has 0 aliphatic heterocycles. The number of alkyl halides is 3. The summed E-state index contributed by atoms with van der Waals surface area (Å²) in [5, 5.41) is 4.20. The van der Waals surface area contributed by atoms with Crippen LogP contribution in [0.4, 0.5) is 47.8 Å². The maximum absolute atomic E-state index is 14.3. The SMILES string of the molecule is O=C(Nc1ccc(Nc2cc(F)ccc2C(F)(F)F)c(F)c1)c1c(F)cncc1F. The second-order valence-corrected chi connectivity index (χ2v) is 5.94. The zero-order valence-electron chi connectivity index (χ0n) is 14.6. The van der Waals surface area contributed by atoms with Gasteiger partial charge in [-0.1, -0.05) is 0 Å². The number of pyridine rings is 1. The smallest absolute Gasteiger partial charge is 0.353 e. The van der Waals surface area contributed by atoms with Gasteiger partial charge in [0, 0.05) is 5.69 Å². The van der Waals surface area contributed by atoms with Crippen LogP contribution in [0.15, 0.2) is 48.8 Å². The first-order valence-corrected chi connectivity index (χ1v) is 8.10. The molecule has 0 saturated heterocycles. The quantitative estimate of drug-likeness (QED) is 0.527. The van der Waals surface area contributed by atoms with Crippen molar-refractivity contribution in [1.29, 1.82) is 0 Å². The van der Waals surface area contributed by atoms with Crippen LogP contribution in [0.2, 0.25) is 0 Å². The Morgan fingerprint density at radius 3 is 2.10 bits per heavy atom. The summed E-state index contributed by atoms with van der Waals surface area (Å²) < 4.78 is 94.0. The van der Waals surface area contributed by atoms with Gasteiger partial charge in [0.25, 0.3) is 5.91 Å². The van der Waals surface area contributed by atoms with E-state index in [2.05, 4.69) is 15.6 Å². The molecular formula is C19H10F7N3O. The minimum atomic E-state index is -4.82. The van der Waals surface area contributed by atoms with E-state index in [9.17, 15) is 35.5 Å². The maximum Gasteiger partial charge on any atom is 0.418 e. The fourth-order valence-electron chi connectivity index (χ4n) is 2.53. The van der Waals surface area contributed by atoms with Gasteiger partial charge in [-0.05, 0) is 36.4 Å². The van der Waals surface area contributed by atoms with Crippen LogP contribution in [0.3, 0.4) is 0 Å². The number of hydrogen-bond donors (Lipinski definition) is 2. The molecule has 1 aromatic heterocycles. The lowest BCUT2D eigenvalue weighted by Gasteiger charge is -2.15. The van der Waals surface area contributed by atoms with Gasteiger partial charge in [-0.2, -0.15) is 13.2 Å². The minimum absolute atomic E-state index is 0.228. The molecule has 0 unspecified atom stereocenters. The largest absolute Gasteiger partial charge is 0.418 e. The summed E-state index contributed by atoms with van der Waals surface area (Å²) in [6.07, 6.45) is -3.59. The fraction of sp³-hybridized carbons (Fsp3) is 0.0526. The Morgan fingerprint density at radius 1 is 0.833 bits per heavy atom. The molecule has 3 aromatic rings. The van der Waals surface area contributed by atoms with Gasteiger partial charge in [0.15, 0.2) is 11.6 Å². The monoisotopic (exact) mass is 429 g/mol. The average molecular weight is 429 g/mol. The number of nitrogens with zero attached hydrogens (tertiary/aromatic N) is 1. The highest BCUT2D eigenvalue weighted by atomic mass is 19.4. The average Bonchev–Trinajstić information content (AvgIpc) is 2.63. The molecule has 11 heteroatoms. The van der Waals surface area contributed by atoms with Crippen molar-refractivity contribution in [2.75, 3.05) is 10.6 Å². The molecule has 0 spiro atoms. The summed E-state index contributed by atoms with van der Waals surface area (Å²) >= 11 is 0. The van der Waals surface area contributed by atoms with Crippen LogP contribution in [0.5, 0.6) is 0 Å². The number of halogens is 7. The Bertz CT molecular complexity index is 1100. The number of rotatable bonds is 4. The van der Waals surface area contributed by atoms with Gasteiger partial charge >= 0.3 is 6.18 Å². The van der Waals surface area contributed by atoms with Gasteiger partial charge in [-0.25, -0.2) is 17.6 Å². The van der Waals surface area contributed by atoms with Crippen LogP contribution in [0.25, 0.3) is 0 Å². The van der Waals surface area contributed by atoms with Gasteiger partial charge in [-0.15, -0.1) is 0 Å². The van der Waals surface area contributed by atoms with E-state index in [0.717, 1.165) is 12.1 Å². The lowest BCUT2D eigenvalue weighted by atomic mass is 10.1. The number of nitrogens with one attached hydrogen (secondary N) is 2. The van der Waals surface area contributed by atoms with E-state index in [-0.39, 0.29) is 5.69 Å². The van der Waals surface area contributed by atoms with Crippen molar-refractivity contribution < 1.29 is 35.5 Å². The van der Waals surface area contributed by atoms with Gasteiger partial charge < -0.3 is 10.6 Å². The first-order chi connectivity index (χ1) is 14.1. The number of hydrogen-bond acceptors (Lipinski definition) is 3. The summed E-state index contributed by atoms with van der Waals surface area (Å²) in [6, 6.07) is 4.42. The highest BCUT2D eigenvalue weighted by Crippen LogP contribution is 2.37. The zero-order valence-corrected chi connectivity index (χ0v) is 14.6. The highest BCUT2D eigenvalue weighted by molar-refractivity contribution is 6.04. The standard InChI is InChI=1S/C19H10F7N3O/c20-9-1-3-11(19(24,25)26)16(5-9)29-15-4-2-10(6-12(15)21)28-18(30)17-13(22)7-27-8-14(17)23/h1-8,29H,(H,28,30). The molecule has 0 bridgehead atoms. The van der Waals surface area contributed by atoms with Crippen LogP contribution in [0, 0.1) is 23.3 Å². The molecule has 0 aliphatic rings. The molecule has 1 amide bonds. The normalized spacial score (nSPS) is 11.3. The van der Waals surface area contributed by atoms with Crippen molar-refractivity contribution in [3.8, 4) is 0 Å². The predicted octanol–water partition coefficient (Wildman–Crippen LogP) is 5.65. The lowest BCUT2D eigenvalue weighted by molar-refractivity contribution is -0.136. The van der Waals surface area contributed by atoms with Crippen molar-refractivity contribution >= 4 is 23.0 Å². The Hall–Kier alpha value is -3.63. The number of carbonyl (C=O) groups is 1. The van der Waals surface area contributed by atoms with Crippen LogP contribution in [-0.4, -0.2) is 10.9 Å². The first kappa shape index (κ1) is 21.1. The minimum Gasteiger partial charge on any atom is -0.353 e. The van der Waals surface area contributed by atoms with Gasteiger partial charge in [-0.3, -0.25) is 9.78 Å². The van der Waals surface area contributed by atoms with E-state index in [1.54, 1.807) is 0 Å². The van der Waals surface area contributed by atoms with Gasteiger partial charge in [0.1, 0.15) is 17.2 Å². The molecule has 0 radical (unpaired) electrons. The summed E-state index contributed by atoms with van der Waals surface area (Å²) in [5.41, 5.74) is -3.56. The molecule has 0 saturated carbocycles. The van der Waals surface area contributed by atoms with E-state index in [1.807, 2.05) is 0 Å². The molecule has 0 atom stereocenters.